The lowest BCUT2D eigenvalue weighted by molar-refractivity contribution is -0.232. The summed E-state index contributed by atoms with van der Waals surface area (Å²) in [7, 11) is 1.55. The molecule has 4 unspecified atom stereocenters. The van der Waals surface area contributed by atoms with Gasteiger partial charge in [0.2, 0.25) is 0 Å². The Bertz CT molecular complexity index is 304. The second kappa shape index (κ2) is 3.01. The molecular formula is C10H14O5. The molecule has 0 N–H and O–H groups in total. The fraction of sp³-hybridized carbons (Fsp3) is 0.900. The van der Waals surface area contributed by atoms with Crippen molar-refractivity contribution in [1.29, 1.82) is 0 Å². The van der Waals surface area contributed by atoms with E-state index in [0.29, 0.717) is 6.42 Å². The Morgan fingerprint density at radius 1 is 1.47 bits per heavy atom. The second-order valence-electron chi connectivity index (χ2n) is 4.38. The topological polar surface area (TPSA) is 54.0 Å². The number of carbonyl (C=O) groups is 1. The molecule has 5 atom stereocenters. The molecule has 0 amide bonds. The Hall–Kier alpha value is -0.490. The molecule has 1 spiro atoms. The summed E-state index contributed by atoms with van der Waals surface area (Å²) in [6.07, 6.45) is -0.479. The van der Waals surface area contributed by atoms with Gasteiger partial charge in [-0.1, -0.05) is 6.92 Å². The highest BCUT2D eigenvalue weighted by atomic mass is 16.8. The highest BCUT2D eigenvalue weighted by Gasteiger charge is 2.70. The molecule has 5 heteroatoms. The van der Waals surface area contributed by atoms with E-state index in [-0.39, 0.29) is 30.7 Å². The Morgan fingerprint density at radius 2 is 2.27 bits per heavy atom. The molecule has 2 saturated heterocycles. The van der Waals surface area contributed by atoms with Crippen LogP contribution in [-0.2, 0) is 23.7 Å². The van der Waals surface area contributed by atoms with Crippen LogP contribution in [0.2, 0.25) is 0 Å². The third-order valence-electron chi connectivity index (χ3n) is 3.70. The zero-order chi connectivity index (χ0) is 10.6. The molecule has 3 aliphatic rings. The van der Waals surface area contributed by atoms with Gasteiger partial charge in [0, 0.05) is 19.4 Å². The number of carbonyl (C=O) groups excluding carboxylic acids is 1. The predicted octanol–water partition coefficient (Wildman–Crippen LogP) is 0.0783. The number of Topliss-reactive ketones (excluding diaryl/α,β-unsaturated/α-hetero) is 1. The van der Waals surface area contributed by atoms with Gasteiger partial charge in [0.05, 0.1) is 0 Å². The normalized spacial score (nSPS) is 53.3. The van der Waals surface area contributed by atoms with Crippen molar-refractivity contribution in [3.05, 3.63) is 0 Å². The summed E-state index contributed by atoms with van der Waals surface area (Å²) < 4.78 is 21.7. The molecule has 5 nitrogen and oxygen atoms in total. The lowest BCUT2D eigenvalue weighted by Gasteiger charge is -2.44. The molecule has 2 aliphatic heterocycles. The number of ether oxygens (including phenoxy) is 4. The quantitative estimate of drug-likeness (QED) is 0.618. The predicted molar refractivity (Wildman–Crippen MR) is 48.0 cm³/mol. The lowest BCUT2D eigenvalue weighted by Crippen LogP contribution is -2.62. The fourth-order valence-corrected chi connectivity index (χ4v) is 2.82. The summed E-state index contributed by atoms with van der Waals surface area (Å²) in [4.78, 5) is 11.8. The van der Waals surface area contributed by atoms with Crippen LogP contribution >= 0.6 is 0 Å². The smallest absolute Gasteiger partial charge is 0.187 e. The van der Waals surface area contributed by atoms with E-state index < -0.39 is 11.9 Å². The molecule has 15 heavy (non-hydrogen) atoms. The van der Waals surface area contributed by atoms with Gasteiger partial charge in [0.25, 0.3) is 0 Å². The van der Waals surface area contributed by atoms with Crippen LogP contribution in [0.1, 0.15) is 13.3 Å². The summed E-state index contributed by atoms with van der Waals surface area (Å²) >= 11 is 0. The van der Waals surface area contributed by atoms with Crippen molar-refractivity contribution >= 4 is 5.78 Å². The molecular weight excluding hydrogens is 200 g/mol. The summed E-state index contributed by atoms with van der Waals surface area (Å²) in [5, 5.41) is 0. The van der Waals surface area contributed by atoms with E-state index in [9.17, 15) is 4.79 Å². The summed E-state index contributed by atoms with van der Waals surface area (Å²) in [5.74, 6) is 0.286. The zero-order valence-corrected chi connectivity index (χ0v) is 8.76. The van der Waals surface area contributed by atoms with Gasteiger partial charge >= 0.3 is 0 Å². The molecule has 0 aromatic rings. The highest BCUT2D eigenvalue weighted by molar-refractivity contribution is 5.95. The maximum Gasteiger partial charge on any atom is 0.187 e. The summed E-state index contributed by atoms with van der Waals surface area (Å²) in [6, 6.07) is 0. The Balaban J connectivity index is 1.94. The molecule has 0 radical (unpaired) electrons. The van der Waals surface area contributed by atoms with E-state index in [1.807, 2.05) is 6.92 Å². The fourth-order valence-electron chi connectivity index (χ4n) is 2.82. The van der Waals surface area contributed by atoms with Gasteiger partial charge < -0.3 is 18.9 Å². The van der Waals surface area contributed by atoms with Crippen LogP contribution in [0.25, 0.3) is 0 Å². The SMILES string of the molecule is COC1O[C@@]2(C(=O)CC2C)C2OCOC12. The first-order chi connectivity index (χ1) is 7.20. The maximum atomic E-state index is 11.8. The molecule has 2 heterocycles. The molecule has 84 valence electrons. The minimum Gasteiger partial charge on any atom is -0.353 e. The van der Waals surface area contributed by atoms with Crippen LogP contribution < -0.4 is 0 Å². The van der Waals surface area contributed by atoms with Crippen LogP contribution in [0.3, 0.4) is 0 Å². The number of hydrogen-bond donors (Lipinski definition) is 0. The van der Waals surface area contributed by atoms with Gasteiger partial charge in [-0.05, 0) is 0 Å². The second-order valence-corrected chi connectivity index (χ2v) is 4.38. The van der Waals surface area contributed by atoms with E-state index in [1.165, 1.54) is 0 Å². The van der Waals surface area contributed by atoms with Crippen molar-refractivity contribution in [3.63, 3.8) is 0 Å². The van der Waals surface area contributed by atoms with Crippen LogP contribution in [0.4, 0.5) is 0 Å². The minimum absolute atomic E-state index is 0.107. The number of rotatable bonds is 1. The van der Waals surface area contributed by atoms with E-state index in [4.69, 9.17) is 18.9 Å². The Labute approximate surface area is 87.6 Å². The van der Waals surface area contributed by atoms with Crippen LogP contribution in [-0.4, -0.2) is 43.8 Å². The lowest BCUT2D eigenvalue weighted by atomic mass is 9.66. The van der Waals surface area contributed by atoms with Gasteiger partial charge in [-0.15, -0.1) is 0 Å². The maximum absolute atomic E-state index is 11.8. The Morgan fingerprint density at radius 3 is 2.87 bits per heavy atom. The first kappa shape index (κ1) is 9.72. The van der Waals surface area contributed by atoms with Crippen LogP contribution in [0.5, 0.6) is 0 Å². The molecule has 1 saturated carbocycles. The number of hydrogen-bond acceptors (Lipinski definition) is 5. The van der Waals surface area contributed by atoms with Crippen molar-refractivity contribution in [1.82, 2.24) is 0 Å². The van der Waals surface area contributed by atoms with Crippen molar-refractivity contribution in [3.8, 4) is 0 Å². The van der Waals surface area contributed by atoms with E-state index in [1.54, 1.807) is 7.11 Å². The van der Waals surface area contributed by atoms with Crippen LogP contribution in [0.15, 0.2) is 0 Å². The van der Waals surface area contributed by atoms with Gasteiger partial charge in [0.1, 0.15) is 19.0 Å². The molecule has 0 bridgehead atoms. The van der Waals surface area contributed by atoms with Gasteiger partial charge in [-0.25, -0.2) is 0 Å². The molecule has 3 fully saturated rings. The van der Waals surface area contributed by atoms with Crippen molar-refractivity contribution in [2.24, 2.45) is 5.92 Å². The van der Waals surface area contributed by atoms with E-state index in [2.05, 4.69) is 0 Å². The van der Waals surface area contributed by atoms with Crippen LogP contribution in [0, 0.1) is 5.92 Å². The minimum atomic E-state index is -0.804. The first-order valence-electron chi connectivity index (χ1n) is 5.17. The largest absolute Gasteiger partial charge is 0.353 e. The zero-order valence-electron chi connectivity index (χ0n) is 8.76. The number of ketones is 1. The average Bonchev–Trinajstić information content (AvgIpc) is 2.77. The van der Waals surface area contributed by atoms with Gasteiger partial charge in [-0.2, -0.15) is 0 Å². The summed E-state index contributed by atoms with van der Waals surface area (Å²) in [6.45, 7) is 2.22. The third-order valence-corrected chi connectivity index (χ3v) is 3.70. The molecule has 0 aromatic heterocycles. The standard InChI is InChI=1S/C10H14O5/c1-5-3-6(11)10(5)8-7(13-4-14-8)9(12-2)15-10/h5,7-9H,3-4H2,1-2H3/t5?,7?,8?,9?,10-/m0/s1. The first-order valence-corrected chi connectivity index (χ1v) is 5.17. The monoisotopic (exact) mass is 214 g/mol. The number of methoxy groups -OCH3 is 1. The van der Waals surface area contributed by atoms with E-state index >= 15 is 0 Å². The van der Waals surface area contributed by atoms with Gasteiger partial charge in [-0.3, -0.25) is 4.79 Å². The van der Waals surface area contributed by atoms with Crippen molar-refractivity contribution in [2.75, 3.05) is 13.9 Å². The molecule has 1 aliphatic carbocycles. The highest BCUT2D eigenvalue weighted by Crippen LogP contribution is 2.51. The van der Waals surface area contributed by atoms with Crippen molar-refractivity contribution in [2.45, 2.75) is 37.4 Å². The summed E-state index contributed by atoms with van der Waals surface area (Å²) in [5.41, 5.74) is -0.804. The van der Waals surface area contributed by atoms with E-state index in [0.717, 1.165) is 0 Å². The third kappa shape index (κ3) is 0.990. The number of fused-ring (bicyclic) bond motifs is 2. The Kier molecular flexibility index (Phi) is 1.95. The van der Waals surface area contributed by atoms with Crippen molar-refractivity contribution < 1.29 is 23.7 Å². The molecule has 0 aromatic carbocycles. The van der Waals surface area contributed by atoms with Gasteiger partial charge in [0.15, 0.2) is 17.7 Å². The average molecular weight is 214 g/mol. The molecule has 3 rings (SSSR count).